The normalized spacial score (nSPS) is 12.2. The molecule has 284 valence electrons. The Bertz CT molecular complexity index is 474. The molecule has 1 unspecified atom stereocenters. The largest absolute Gasteiger partial charge is 0.481 e. The minimum absolute atomic E-state index is 0.111. The molecule has 0 spiro atoms. The van der Waals surface area contributed by atoms with Crippen LogP contribution in [0.1, 0.15) is 39.5 Å². The maximum atomic E-state index is 10.4. The topological polar surface area (TPSA) is 361 Å². The lowest BCUT2D eigenvalue weighted by Gasteiger charge is -2.23. The number of carboxylic acid groups (broad SMARTS) is 1. The minimum Gasteiger partial charge on any atom is -0.481 e. The van der Waals surface area contributed by atoms with Gasteiger partial charge < -0.3 is 86.8 Å². The van der Waals surface area contributed by atoms with Gasteiger partial charge in [-0.25, -0.2) is 0 Å². The number of aliphatic hydroxyl groups is 16. The van der Waals surface area contributed by atoms with Gasteiger partial charge in [-0.3, -0.25) is 4.79 Å². The Kier molecular flexibility index (Phi) is 39.8. The summed E-state index contributed by atoms with van der Waals surface area (Å²) in [5.74, 6) is -0.754. The van der Waals surface area contributed by atoms with Crippen LogP contribution >= 0.6 is 0 Å². The Hall–Kier alpha value is -1.17. The van der Waals surface area contributed by atoms with Crippen LogP contribution in [0.5, 0.6) is 0 Å². The van der Waals surface area contributed by atoms with Crippen molar-refractivity contribution in [3.05, 3.63) is 0 Å². The molecule has 0 saturated carbocycles. The summed E-state index contributed by atoms with van der Waals surface area (Å²) in [6, 6.07) is 0. The third kappa shape index (κ3) is 23.2. The summed E-state index contributed by atoms with van der Waals surface area (Å²) in [5.41, 5.74) is -4.44. The second-order valence-corrected chi connectivity index (χ2v) is 11.1. The molecule has 0 aliphatic heterocycles. The van der Waals surface area contributed by atoms with Crippen LogP contribution in [0.4, 0.5) is 0 Å². The fourth-order valence-electron chi connectivity index (χ4n) is 2.15. The van der Waals surface area contributed by atoms with Crippen molar-refractivity contribution in [2.75, 3.05) is 106 Å². The maximum absolute atomic E-state index is 10.4. The van der Waals surface area contributed by atoms with Gasteiger partial charge >= 0.3 is 5.97 Å². The fourth-order valence-corrected chi connectivity index (χ4v) is 2.15. The van der Waals surface area contributed by atoms with Gasteiger partial charge in [0.15, 0.2) is 0 Å². The van der Waals surface area contributed by atoms with E-state index in [1.807, 2.05) is 6.92 Å². The Morgan fingerprint density at radius 3 is 0.652 bits per heavy atom. The van der Waals surface area contributed by atoms with Gasteiger partial charge in [-0.05, 0) is 12.8 Å². The van der Waals surface area contributed by atoms with E-state index in [1.54, 1.807) is 0 Å². The first-order chi connectivity index (χ1) is 21.7. The number of carboxylic acids is 1. The van der Waals surface area contributed by atoms with Crippen LogP contribution in [0.3, 0.4) is 0 Å². The fraction of sp³-hybridized carbons (Fsp3) is 0.964. The van der Waals surface area contributed by atoms with E-state index < -0.39 is 133 Å². The number of hydrogen-bond acceptors (Lipinski definition) is 17. The number of aliphatic hydroxyl groups excluding tert-OH is 16. The van der Waals surface area contributed by atoms with Crippen molar-refractivity contribution in [2.24, 2.45) is 27.6 Å². The van der Waals surface area contributed by atoms with Gasteiger partial charge in [-0.2, -0.15) is 0 Å². The van der Waals surface area contributed by atoms with Gasteiger partial charge in [0.1, 0.15) is 0 Å². The molecule has 0 aromatic heterocycles. The first kappa shape index (κ1) is 54.3. The molecule has 0 radical (unpaired) electrons. The minimum atomic E-state index is -1.11. The van der Waals surface area contributed by atoms with Crippen molar-refractivity contribution in [2.45, 2.75) is 39.5 Å². The van der Waals surface area contributed by atoms with Gasteiger partial charge in [-0.15, -0.1) is 0 Å². The molecule has 1 atom stereocenters. The van der Waals surface area contributed by atoms with Crippen molar-refractivity contribution < 1.29 is 91.6 Å². The number of aliphatic carboxylic acids is 1. The molecule has 46 heavy (non-hydrogen) atoms. The average molecular weight is 689 g/mol. The van der Waals surface area contributed by atoms with E-state index in [9.17, 15) is 4.79 Å². The molecule has 0 aliphatic carbocycles. The highest BCUT2D eigenvalue weighted by atomic mass is 16.4. The molecule has 0 amide bonds. The molecular weight excluding hydrogens is 624 g/mol. The first-order valence-corrected chi connectivity index (χ1v) is 14.7. The first-order valence-electron chi connectivity index (χ1n) is 14.7. The summed E-state index contributed by atoms with van der Waals surface area (Å²) in [6.45, 7) is -2.50. The van der Waals surface area contributed by atoms with Crippen LogP contribution in [0.15, 0.2) is 0 Å². The van der Waals surface area contributed by atoms with E-state index in [-0.39, 0.29) is 5.92 Å². The summed E-state index contributed by atoms with van der Waals surface area (Å²) in [7, 11) is 0. The van der Waals surface area contributed by atoms with Crippen molar-refractivity contribution in [3.63, 3.8) is 0 Å². The molecular formula is C28H64O18. The van der Waals surface area contributed by atoms with Crippen LogP contribution < -0.4 is 0 Å². The molecule has 0 bridgehead atoms. The molecule has 17 N–H and O–H groups in total. The third-order valence-electron chi connectivity index (χ3n) is 7.11. The van der Waals surface area contributed by atoms with Crippen LogP contribution in [-0.4, -0.2) is 198 Å². The smallest absolute Gasteiger partial charge is 0.306 e. The van der Waals surface area contributed by atoms with E-state index in [1.165, 1.54) is 0 Å². The predicted octanol–water partition coefficient (Wildman–Crippen LogP) is -5.94. The second-order valence-electron chi connectivity index (χ2n) is 11.1. The van der Waals surface area contributed by atoms with Crippen molar-refractivity contribution in [3.8, 4) is 0 Å². The number of rotatable bonds is 21. The van der Waals surface area contributed by atoms with Gasteiger partial charge in [0, 0.05) is 0 Å². The molecule has 0 heterocycles. The van der Waals surface area contributed by atoms with E-state index >= 15 is 0 Å². The highest BCUT2D eigenvalue weighted by Crippen LogP contribution is 2.14. The highest BCUT2D eigenvalue weighted by Gasteiger charge is 2.28. The summed E-state index contributed by atoms with van der Waals surface area (Å²) >= 11 is 0. The van der Waals surface area contributed by atoms with Crippen molar-refractivity contribution in [1.82, 2.24) is 0 Å². The Morgan fingerprint density at radius 1 is 0.413 bits per heavy atom. The molecule has 0 saturated heterocycles. The van der Waals surface area contributed by atoms with E-state index in [2.05, 4.69) is 6.92 Å². The molecule has 0 aliphatic rings. The number of unbranched alkanes of at least 4 members (excludes halogenated alkanes) is 1. The maximum Gasteiger partial charge on any atom is 0.306 e. The van der Waals surface area contributed by atoms with Gasteiger partial charge in [0.05, 0.1) is 133 Å². The molecule has 18 heteroatoms. The summed E-state index contributed by atoms with van der Waals surface area (Å²) in [5, 5.41) is 145. The number of carbonyl (C=O) groups is 1. The van der Waals surface area contributed by atoms with Crippen LogP contribution in [0.2, 0.25) is 0 Å². The lowest BCUT2D eigenvalue weighted by Crippen LogP contribution is -2.37. The van der Waals surface area contributed by atoms with Crippen LogP contribution in [-0.2, 0) is 4.79 Å². The third-order valence-corrected chi connectivity index (χ3v) is 7.11. The molecule has 0 aromatic carbocycles. The average Bonchev–Trinajstić information content (AvgIpc) is 3.11. The Balaban J connectivity index is -0.000000152. The zero-order valence-corrected chi connectivity index (χ0v) is 27.2. The predicted molar refractivity (Wildman–Crippen MR) is 164 cm³/mol. The molecule has 18 nitrogen and oxygen atoms in total. The van der Waals surface area contributed by atoms with E-state index in [0.717, 1.165) is 25.7 Å². The SMILES string of the molecule is CCCCC(CC)C(=O)O.OCC(CO)(CO)CO.OCC(CO)(CO)CO.OCC(CO)(CO)CO.OCC(CO)(CO)CO. The quantitative estimate of drug-likeness (QED) is 0.0533. The second kappa shape index (κ2) is 33.7. The van der Waals surface area contributed by atoms with E-state index in [0.29, 0.717) is 0 Å². The van der Waals surface area contributed by atoms with E-state index in [4.69, 9.17) is 86.8 Å². The molecule has 0 aromatic rings. The van der Waals surface area contributed by atoms with Crippen molar-refractivity contribution >= 4 is 5.97 Å². The lowest BCUT2D eigenvalue weighted by atomic mass is 9.93. The lowest BCUT2D eigenvalue weighted by molar-refractivity contribution is -0.142. The van der Waals surface area contributed by atoms with Crippen molar-refractivity contribution in [1.29, 1.82) is 0 Å². The van der Waals surface area contributed by atoms with Crippen LogP contribution in [0.25, 0.3) is 0 Å². The molecule has 0 rings (SSSR count). The number of hydrogen-bond donors (Lipinski definition) is 17. The highest BCUT2D eigenvalue weighted by molar-refractivity contribution is 5.69. The van der Waals surface area contributed by atoms with Gasteiger partial charge in [-0.1, -0.05) is 26.7 Å². The van der Waals surface area contributed by atoms with Gasteiger partial charge in [0.25, 0.3) is 0 Å². The zero-order valence-electron chi connectivity index (χ0n) is 27.2. The summed E-state index contributed by atoms with van der Waals surface area (Å²) < 4.78 is 0. The summed E-state index contributed by atoms with van der Waals surface area (Å²) in [6.07, 6.45) is 3.71. The van der Waals surface area contributed by atoms with Gasteiger partial charge in [0.2, 0.25) is 0 Å². The Morgan fingerprint density at radius 2 is 0.587 bits per heavy atom. The summed E-state index contributed by atoms with van der Waals surface area (Å²) in [4.78, 5) is 10.4. The molecule has 0 fully saturated rings. The Labute approximate surface area is 270 Å². The zero-order chi connectivity index (χ0) is 37.3. The van der Waals surface area contributed by atoms with Crippen LogP contribution in [0, 0.1) is 27.6 Å². The monoisotopic (exact) mass is 688 g/mol. The standard InChI is InChI=1S/C8H16O2.4C5H12O4/c1-3-5-6-7(4-2)8(9)10;4*6-1-5(2-7,3-8)4-9/h7H,3-6H2,1-2H3,(H,9,10);4*6-9H,1-4H2.